The van der Waals surface area contributed by atoms with E-state index in [2.05, 4.69) is 26.2 Å². The van der Waals surface area contributed by atoms with Crippen molar-refractivity contribution in [2.45, 2.75) is 76.8 Å². The van der Waals surface area contributed by atoms with Gasteiger partial charge in [-0.1, -0.05) is 6.58 Å². The fraction of sp³-hybridized carbons (Fsp3) is 0.826. The molecule has 4 unspecified atom stereocenters. The lowest BCUT2D eigenvalue weighted by Crippen LogP contribution is -2.51. The molecule has 5 fully saturated rings. The third-order valence-electron chi connectivity index (χ3n) is 9.06. The third-order valence-corrected chi connectivity index (χ3v) is 10.00. The Bertz CT molecular complexity index is 802. The summed E-state index contributed by atoms with van der Waals surface area (Å²) in [6, 6.07) is 0. The van der Waals surface area contributed by atoms with E-state index in [9.17, 15) is 9.59 Å². The number of ether oxygens (including phenoxy) is 2. The normalized spacial score (nSPS) is 50.2. The van der Waals surface area contributed by atoms with E-state index in [1.54, 1.807) is 0 Å². The van der Waals surface area contributed by atoms with E-state index in [4.69, 9.17) is 13.9 Å². The van der Waals surface area contributed by atoms with Crippen LogP contribution in [0.4, 0.5) is 0 Å². The van der Waals surface area contributed by atoms with Gasteiger partial charge < -0.3 is 13.9 Å². The molecular formula is C23H34O5Si. The van der Waals surface area contributed by atoms with E-state index in [0.29, 0.717) is 5.92 Å². The quantitative estimate of drug-likeness (QED) is 0.393. The maximum atomic E-state index is 13.4. The van der Waals surface area contributed by atoms with E-state index in [-0.39, 0.29) is 41.2 Å². The number of hydrogen-bond donors (Lipinski definition) is 0. The molecule has 0 aromatic carbocycles. The number of carbonyl (C=O) groups is 2. The Kier molecular flexibility index (Phi) is 3.93. The molecule has 1 spiro atoms. The molecule has 0 amide bonds. The Morgan fingerprint density at radius 2 is 1.97 bits per heavy atom. The first-order chi connectivity index (χ1) is 13.5. The van der Waals surface area contributed by atoms with Gasteiger partial charge in [0.15, 0.2) is 8.32 Å². The molecule has 1 saturated heterocycles. The van der Waals surface area contributed by atoms with Crippen LogP contribution >= 0.6 is 0 Å². The molecule has 0 aromatic heterocycles. The lowest BCUT2D eigenvalue weighted by Gasteiger charge is -2.47. The molecule has 5 aliphatic rings. The van der Waals surface area contributed by atoms with Crippen molar-refractivity contribution < 1.29 is 23.5 Å². The highest BCUT2D eigenvalue weighted by molar-refractivity contribution is 6.69. The Hall–Kier alpha value is -1.14. The highest BCUT2D eigenvalue weighted by Crippen LogP contribution is 2.78. The molecule has 4 bridgehead atoms. The van der Waals surface area contributed by atoms with Crippen LogP contribution in [0, 0.1) is 34.5 Å². The molecule has 160 valence electrons. The molecule has 0 radical (unpaired) electrons. The van der Waals surface area contributed by atoms with Crippen LogP contribution < -0.4 is 0 Å². The molecule has 4 aliphatic carbocycles. The fourth-order valence-electron chi connectivity index (χ4n) is 8.34. The Labute approximate surface area is 174 Å². The van der Waals surface area contributed by atoms with Gasteiger partial charge >= 0.3 is 11.9 Å². The van der Waals surface area contributed by atoms with Gasteiger partial charge in [0, 0.05) is 17.3 Å². The maximum Gasteiger partial charge on any atom is 0.312 e. The van der Waals surface area contributed by atoms with E-state index in [1.165, 1.54) is 7.11 Å². The predicted molar refractivity (Wildman–Crippen MR) is 110 cm³/mol. The van der Waals surface area contributed by atoms with Gasteiger partial charge in [-0.3, -0.25) is 9.59 Å². The first-order valence-electron chi connectivity index (χ1n) is 11.2. The van der Waals surface area contributed by atoms with E-state index < -0.39 is 19.3 Å². The van der Waals surface area contributed by atoms with Crippen molar-refractivity contribution in [3.63, 3.8) is 0 Å². The summed E-state index contributed by atoms with van der Waals surface area (Å²) in [7, 11) is -0.409. The molecular weight excluding hydrogens is 384 g/mol. The standard InChI is InChI=1S/C23H34O5Si/c1-13-14-8-9-15-22(12-14,18(13)28-29(4,5)6)16(19(24)26-3)17-21(2)10-7-11-23(15,17)27-20(21)25/h14-18H,1,7-12H2,2-6H3/t14-,15?,16?,17?,18-,21?,22-,23-/m1/s1. The molecule has 1 heterocycles. The summed E-state index contributed by atoms with van der Waals surface area (Å²) in [4.78, 5) is 26.5. The van der Waals surface area contributed by atoms with Crippen LogP contribution in [0.15, 0.2) is 12.2 Å². The average Bonchev–Trinajstić information content (AvgIpc) is 3.06. The van der Waals surface area contributed by atoms with Crippen LogP contribution in [0.3, 0.4) is 0 Å². The summed E-state index contributed by atoms with van der Waals surface area (Å²) >= 11 is 0. The fourth-order valence-corrected chi connectivity index (χ4v) is 9.42. The van der Waals surface area contributed by atoms with Crippen molar-refractivity contribution in [2.24, 2.45) is 34.5 Å². The van der Waals surface area contributed by atoms with Gasteiger partial charge in [-0.05, 0) is 76.6 Å². The number of esters is 2. The van der Waals surface area contributed by atoms with Gasteiger partial charge in [0.2, 0.25) is 0 Å². The average molecular weight is 419 g/mol. The zero-order valence-corrected chi connectivity index (χ0v) is 19.4. The van der Waals surface area contributed by atoms with Crippen molar-refractivity contribution in [3.05, 3.63) is 12.2 Å². The van der Waals surface area contributed by atoms with Gasteiger partial charge in [-0.15, -0.1) is 0 Å². The summed E-state index contributed by atoms with van der Waals surface area (Å²) in [5.74, 6) is -0.243. The molecule has 5 rings (SSSR count). The largest absolute Gasteiger partial charge is 0.469 e. The van der Waals surface area contributed by atoms with Gasteiger partial charge in [-0.2, -0.15) is 0 Å². The van der Waals surface area contributed by atoms with Crippen LogP contribution in [0.5, 0.6) is 0 Å². The van der Waals surface area contributed by atoms with Crippen LogP contribution in [0.2, 0.25) is 19.6 Å². The third kappa shape index (κ3) is 2.20. The van der Waals surface area contributed by atoms with Gasteiger partial charge in [0.05, 0.1) is 24.5 Å². The smallest absolute Gasteiger partial charge is 0.312 e. The predicted octanol–water partition coefficient (Wildman–Crippen LogP) is 4.08. The first kappa shape index (κ1) is 19.8. The van der Waals surface area contributed by atoms with E-state index in [1.807, 2.05) is 6.92 Å². The molecule has 8 atom stereocenters. The lowest BCUT2D eigenvalue weighted by atomic mass is 9.60. The number of methoxy groups -OCH3 is 1. The topological polar surface area (TPSA) is 61.8 Å². The highest BCUT2D eigenvalue weighted by Gasteiger charge is 2.83. The second kappa shape index (κ2) is 5.76. The van der Waals surface area contributed by atoms with Crippen molar-refractivity contribution in [3.8, 4) is 0 Å². The minimum atomic E-state index is -1.89. The van der Waals surface area contributed by atoms with Crippen LogP contribution in [0.25, 0.3) is 0 Å². The van der Waals surface area contributed by atoms with Crippen LogP contribution in [-0.4, -0.2) is 39.1 Å². The molecule has 0 N–H and O–H groups in total. The maximum absolute atomic E-state index is 13.4. The number of rotatable bonds is 3. The molecule has 5 nitrogen and oxygen atoms in total. The molecule has 4 saturated carbocycles. The summed E-state index contributed by atoms with van der Waals surface area (Å²) in [6.07, 6.45) is 5.42. The second-order valence-corrected chi connectivity index (χ2v) is 15.9. The number of fused-ring (bicyclic) bond motifs is 1. The van der Waals surface area contributed by atoms with E-state index >= 15 is 0 Å². The summed E-state index contributed by atoms with van der Waals surface area (Å²) in [6.45, 7) is 13.1. The lowest BCUT2D eigenvalue weighted by molar-refractivity contribution is -0.165. The Balaban J connectivity index is 1.74. The van der Waals surface area contributed by atoms with Gasteiger partial charge in [-0.25, -0.2) is 0 Å². The second-order valence-electron chi connectivity index (χ2n) is 11.4. The van der Waals surface area contributed by atoms with E-state index in [0.717, 1.165) is 44.1 Å². The molecule has 0 aromatic rings. The van der Waals surface area contributed by atoms with Gasteiger partial charge in [0.1, 0.15) is 5.60 Å². The van der Waals surface area contributed by atoms with Crippen molar-refractivity contribution in [1.82, 2.24) is 0 Å². The minimum absolute atomic E-state index is 0.106. The SMILES string of the molecule is C=C1[C@@H]2CCC3[C@@]45CCCC(C)(C(=O)O4)C5C(C(=O)OC)[C@]3(C2)[C@@H]1O[Si](C)(C)C. The number of carbonyl (C=O) groups excluding carboxylic acids is 2. The Morgan fingerprint density at radius 3 is 2.62 bits per heavy atom. The van der Waals surface area contributed by atoms with Crippen LogP contribution in [-0.2, 0) is 23.5 Å². The zero-order valence-electron chi connectivity index (χ0n) is 18.4. The van der Waals surface area contributed by atoms with Crippen molar-refractivity contribution in [1.29, 1.82) is 0 Å². The molecule has 1 aliphatic heterocycles. The summed E-state index contributed by atoms with van der Waals surface area (Å²) in [5.41, 5.74) is -0.345. The summed E-state index contributed by atoms with van der Waals surface area (Å²) in [5, 5.41) is 0. The molecule has 29 heavy (non-hydrogen) atoms. The van der Waals surface area contributed by atoms with Crippen molar-refractivity contribution >= 4 is 20.3 Å². The number of hydrogen-bond acceptors (Lipinski definition) is 5. The Morgan fingerprint density at radius 1 is 1.24 bits per heavy atom. The van der Waals surface area contributed by atoms with Crippen LogP contribution in [0.1, 0.15) is 45.4 Å². The molecule has 6 heteroatoms. The summed E-state index contributed by atoms with van der Waals surface area (Å²) < 4.78 is 18.6. The van der Waals surface area contributed by atoms with Gasteiger partial charge in [0.25, 0.3) is 0 Å². The minimum Gasteiger partial charge on any atom is -0.469 e. The monoisotopic (exact) mass is 418 g/mol. The first-order valence-corrected chi connectivity index (χ1v) is 14.6. The zero-order chi connectivity index (χ0) is 21.0. The van der Waals surface area contributed by atoms with Crippen molar-refractivity contribution in [2.75, 3.05) is 7.11 Å². The highest BCUT2D eigenvalue weighted by atomic mass is 28.4.